The third kappa shape index (κ3) is 6.78. The number of benzene rings is 1. The Bertz CT molecular complexity index is 866. The van der Waals surface area contributed by atoms with E-state index in [-0.39, 0.29) is 26.0 Å². The second-order valence-electron chi connectivity index (χ2n) is 5.77. The number of nitrogens with one attached hydrogen (secondary N) is 3. The normalized spacial score (nSPS) is 11.0. The van der Waals surface area contributed by atoms with Crippen LogP contribution in [0.15, 0.2) is 47.4 Å². The molecule has 7 nitrogen and oxygen atoms in total. The summed E-state index contributed by atoms with van der Waals surface area (Å²) in [6.45, 7) is 0.228. The minimum absolute atomic E-state index is 0.103. The molecule has 0 atom stereocenters. The zero-order valence-electron chi connectivity index (χ0n) is 14.6. The van der Waals surface area contributed by atoms with E-state index in [0.717, 1.165) is 5.56 Å². The highest BCUT2D eigenvalue weighted by atomic mass is 19.4. The fourth-order valence-corrected chi connectivity index (χ4v) is 2.17. The van der Waals surface area contributed by atoms with E-state index in [0.29, 0.717) is 12.3 Å². The number of carbonyl (C=O) groups excluding carboxylic acids is 2. The van der Waals surface area contributed by atoms with Gasteiger partial charge in [0, 0.05) is 19.2 Å². The van der Waals surface area contributed by atoms with Crippen LogP contribution in [0.4, 0.5) is 23.7 Å². The maximum atomic E-state index is 12.6. The lowest BCUT2D eigenvalue weighted by Gasteiger charge is -2.09. The Balaban J connectivity index is 1.71. The Morgan fingerprint density at radius 3 is 2.54 bits per heavy atom. The smallest absolute Gasteiger partial charge is 0.417 e. The zero-order chi connectivity index (χ0) is 20.6. The number of hydrogen-bond acceptors (Lipinski definition) is 4. The molecule has 2 rings (SSSR count). The van der Waals surface area contributed by atoms with Crippen molar-refractivity contribution in [2.75, 3.05) is 11.9 Å². The Labute approximate surface area is 157 Å². The number of aromatic amines is 1. The Kier molecular flexibility index (Phi) is 7.19. The summed E-state index contributed by atoms with van der Waals surface area (Å²) in [5.74, 6) is -0.649. The van der Waals surface area contributed by atoms with Crippen molar-refractivity contribution < 1.29 is 27.5 Å². The van der Waals surface area contributed by atoms with Gasteiger partial charge in [-0.25, -0.2) is 4.79 Å². The quantitative estimate of drug-likeness (QED) is 0.625. The Morgan fingerprint density at radius 1 is 1.14 bits per heavy atom. The summed E-state index contributed by atoms with van der Waals surface area (Å²) in [6.07, 6.45) is -4.66. The van der Waals surface area contributed by atoms with Crippen molar-refractivity contribution >= 4 is 17.7 Å². The number of halogens is 3. The largest absolute Gasteiger partial charge is 0.445 e. The van der Waals surface area contributed by atoms with Crippen molar-refractivity contribution in [2.45, 2.75) is 25.6 Å². The molecule has 0 saturated heterocycles. The molecule has 1 aromatic carbocycles. The highest BCUT2D eigenvalue weighted by Gasteiger charge is 2.31. The Hall–Kier alpha value is -3.30. The van der Waals surface area contributed by atoms with Gasteiger partial charge in [-0.05, 0) is 18.1 Å². The second kappa shape index (κ2) is 9.58. The van der Waals surface area contributed by atoms with Crippen LogP contribution in [0.3, 0.4) is 0 Å². The first kappa shape index (κ1) is 21.0. The van der Waals surface area contributed by atoms with E-state index in [1.807, 2.05) is 23.2 Å². The molecular formula is C18H18F3N3O4. The summed E-state index contributed by atoms with van der Waals surface area (Å²) in [5, 5.41) is 4.59. The standard InChI is InChI=1S/C18H18F3N3O4/c19-18(20,21)13-9-14(16(26)23-10-13)24-15(25)7-4-8-22-17(27)28-11-12-5-2-1-3-6-12/h1-3,5-6,9-10H,4,7-8,11H2,(H,22,27)(H,23,26)(H,24,25). The number of pyridine rings is 1. The number of alkyl halides is 3. The highest BCUT2D eigenvalue weighted by Crippen LogP contribution is 2.29. The number of rotatable bonds is 7. The van der Waals surface area contributed by atoms with Crippen LogP contribution in [-0.2, 0) is 22.3 Å². The van der Waals surface area contributed by atoms with E-state index in [1.54, 1.807) is 12.1 Å². The van der Waals surface area contributed by atoms with E-state index in [4.69, 9.17) is 4.74 Å². The molecule has 10 heteroatoms. The van der Waals surface area contributed by atoms with Crippen molar-refractivity contribution in [1.82, 2.24) is 10.3 Å². The van der Waals surface area contributed by atoms with Gasteiger partial charge in [0.25, 0.3) is 5.56 Å². The van der Waals surface area contributed by atoms with Gasteiger partial charge in [0.1, 0.15) is 12.3 Å². The molecule has 28 heavy (non-hydrogen) atoms. The molecule has 0 aliphatic heterocycles. The molecular weight excluding hydrogens is 379 g/mol. The number of anilines is 1. The number of alkyl carbamates (subject to hydrolysis) is 1. The molecule has 0 aliphatic carbocycles. The van der Waals surface area contributed by atoms with Crippen molar-refractivity contribution in [2.24, 2.45) is 0 Å². The number of carbonyl (C=O) groups is 2. The SMILES string of the molecule is O=C(CCCNC(=O)OCc1ccccc1)Nc1cc(C(F)(F)F)c[nH]c1=O. The fourth-order valence-electron chi connectivity index (χ4n) is 2.17. The van der Waals surface area contributed by atoms with Gasteiger partial charge in [-0.15, -0.1) is 0 Å². The van der Waals surface area contributed by atoms with Crippen molar-refractivity contribution in [3.05, 3.63) is 64.1 Å². The lowest BCUT2D eigenvalue weighted by Crippen LogP contribution is -2.26. The minimum Gasteiger partial charge on any atom is -0.445 e. The van der Waals surface area contributed by atoms with E-state index >= 15 is 0 Å². The van der Waals surface area contributed by atoms with Gasteiger partial charge < -0.3 is 20.4 Å². The number of aromatic nitrogens is 1. The predicted octanol–water partition coefficient (Wildman–Crippen LogP) is 3.04. The van der Waals surface area contributed by atoms with Gasteiger partial charge in [0.05, 0.1) is 5.56 Å². The summed E-state index contributed by atoms with van der Waals surface area (Å²) in [5.41, 5.74) is -1.59. The molecule has 2 amide bonds. The third-order valence-corrected chi connectivity index (χ3v) is 3.57. The molecule has 0 aliphatic rings. The van der Waals surface area contributed by atoms with Crippen molar-refractivity contribution in [3.63, 3.8) is 0 Å². The van der Waals surface area contributed by atoms with E-state index in [9.17, 15) is 27.6 Å². The van der Waals surface area contributed by atoms with Crippen LogP contribution in [0.5, 0.6) is 0 Å². The molecule has 1 aromatic heterocycles. The molecule has 150 valence electrons. The first-order valence-corrected chi connectivity index (χ1v) is 8.30. The fraction of sp³-hybridized carbons (Fsp3) is 0.278. The monoisotopic (exact) mass is 397 g/mol. The van der Waals surface area contributed by atoms with Gasteiger partial charge in [-0.1, -0.05) is 30.3 Å². The molecule has 0 fully saturated rings. The lowest BCUT2D eigenvalue weighted by molar-refractivity contribution is -0.137. The summed E-state index contributed by atoms with van der Waals surface area (Å²) in [7, 11) is 0. The van der Waals surface area contributed by atoms with E-state index < -0.39 is 35.0 Å². The van der Waals surface area contributed by atoms with Crippen molar-refractivity contribution in [1.29, 1.82) is 0 Å². The maximum absolute atomic E-state index is 12.6. The molecule has 0 unspecified atom stereocenters. The summed E-state index contributed by atoms with van der Waals surface area (Å²) in [6, 6.07) is 9.62. The number of H-pyrrole nitrogens is 1. The van der Waals surface area contributed by atoms with Crippen LogP contribution in [-0.4, -0.2) is 23.5 Å². The molecule has 0 saturated carbocycles. The van der Waals surface area contributed by atoms with E-state index in [2.05, 4.69) is 10.6 Å². The first-order valence-electron chi connectivity index (χ1n) is 8.30. The van der Waals surface area contributed by atoms with Crippen LogP contribution in [0.1, 0.15) is 24.0 Å². The predicted molar refractivity (Wildman–Crippen MR) is 94.6 cm³/mol. The zero-order valence-corrected chi connectivity index (χ0v) is 14.6. The van der Waals surface area contributed by atoms with Crippen LogP contribution in [0, 0.1) is 0 Å². The van der Waals surface area contributed by atoms with Crippen LogP contribution >= 0.6 is 0 Å². The molecule has 0 bridgehead atoms. The lowest BCUT2D eigenvalue weighted by atomic mass is 10.2. The minimum atomic E-state index is -4.65. The van der Waals surface area contributed by atoms with Gasteiger partial charge in [-0.2, -0.15) is 13.2 Å². The van der Waals surface area contributed by atoms with Gasteiger partial charge in [0.15, 0.2) is 0 Å². The average molecular weight is 397 g/mol. The third-order valence-electron chi connectivity index (χ3n) is 3.57. The van der Waals surface area contributed by atoms with Crippen molar-refractivity contribution in [3.8, 4) is 0 Å². The summed E-state index contributed by atoms with van der Waals surface area (Å²) in [4.78, 5) is 36.8. The van der Waals surface area contributed by atoms with Crippen LogP contribution in [0.2, 0.25) is 0 Å². The molecule has 2 aromatic rings. The van der Waals surface area contributed by atoms with Gasteiger partial charge in [0.2, 0.25) is 5.91 Å². The second-order valence-corrected chi connectivity index (χ2v) is 5.77. The average Bonchev–Trinajstić information content (AvgIpc) is 2.65. The van der Waals surface area contributed by atoms with Gasteiger partial charge >= 0.3 is 12.3 Å². The highest BCUT2D eigenvalue weighted by molar-refractivity contribution is 5.90. The topological polar surface area (TPSA) is 100 Å². The van der Waals surface area contributed by atoms with Crippen LogP contribution < -0.4 is 16.2 Å². The number of ether oxygens (including phenoxy) is 1. The first-order chi connectivity index (χ1) is 13.3. The van der Waals surface area contributed by atoms with Crippen LogP contribution in [0.25, 0.3) is 0 Å². The summed E-state index contributed by atoms with van der Waals surface area (Å²) >= 11 is 0. The van der Waals surface area contributed by atoms with E-state index in [1.165, 1.54) is 0 Å². The molecule has 0 spiro atoms. The Morgan fingerprint density at radius 2 is 1.86 bits per heavy atom. The maximum Gasteiger partial charge on any atom is 0.417 e. The number of hydrogen-bond donors (Lipinski definition) is 3. The molecule has 3 N–H and O–H groups in total. The molecule has 0 radical (unpaired) electrons. The molecule has 1 heterocycles. The van der Waals surface area contributed by atoms with Gasteiger partial charge in [-0.3, -0.25) is 9.59 Å². The number of amides is 2. The summed E-state index contributed by atoms with van der Waals surface area (Å²) < 4.78 is 42.9.